The number of carbonyl (C=O) groups is 2. The van der Waals surface area contributed by atoms with Crippen molar-refractivity contribution >= 4 is 23.6 Å². The average molecular weight is 378 g/mol. The Morgan fingerprint density at radius 2 is 1.75 bits per heavy atom. The molecule has 0 aliphatic rings. The summed E-state index contributed by atoms with van der Waals surface area (Å²) in [7, 11) is 0. The Bertz CT molecular complexity index is 962. The Morgan fingerprint density at radius 1 is 1.04 bits per heavy atom. The number of anilines is 1. The molecule has 1 unspecified atom stereocenters. The SMILES string of the molecule is CC(NC(=O)/C=C/c1ccco1)c1ccc(NC(=O)c2ccc(F)cc2)cc1. The molecule has 0 spiro atoms. The van der Waals surface area contributed by atoms with Gasteiger partial charge in [-0.3, -0.25) is 9.59 Å². The molecule has 0 saturated carbocycles. The number of rotatable bonds is 6. The summed E-state index contributed by atoms with van der Waals surface area (Å²) >= 11 is 0. The van der Waals surface area contributed by atoms with Crippen molar-refractivity contribution in [1.82, 2.24) is 5.32 Å². The highest BCUT2D eigenvalue weighted by molar-refractivity contribution is 6.04. The fraction of sp³-hybridized carbons (Fsp3) is 0.0909. The number of nitrogens with one attached hydrogen (secondary N) is 2. The van der Waals surface area contributed by atoms with Crippen LogP contribution >= 0.6 is 0 Å². The minimum atomic E-state index is -0.393. The van der Waals surface area contributed by atoms with Crippen LogP contribution in [0.1, 0.15) is 34.6 Å². The number of amides is 2. The zero-order valence-electron chi connectivity index (χ0n) is 15.2. The topological polar surface area (TPSA) is 71.3 Å². The maximum absolute atomic E-state index is 12.9. The highest BCUT2D eigenvalue weighted by atomic mass is 19.1. The van der Waals surface area contributed by atoms with Gasteiger partial charge in [0.1, 0.15) is 11.6 Å². The minimum absolute atomic E-state index is 0.212. The van der Waals surface area contributed by atoms with Crippen molar-refractivity contribution in [2.45, 2.75) is 13.0 Å². The molecule has 1 aromatic heterocycles. The summed E-state index contributed by atoms with van der Waals surface area (Å²) in [6.45, 7) is 1.87. The molecule has 3 rings (SSSR count). The monoisotopic (exact) mass is 378 g/mol. The quantitative estimate of drug-likeness (QED) is 0.618. The van der Waals surface area contributed by atoms with Crippen LogP contribution in [0.15, 0.2) is 77.4 Å². The van der Waals surface area contributed by atoms with Gasteiger partial charge in [-0.15, -0.1) is 0 Å². The molecule has 5 nitrogen and oxygen atoms in total. The molecule has 0 aliphatic heterocycles. The lowest BCUT2D eigenvalue weighted by Crippen LogP contribution is -2.24. The van der Waals surface area contributed by atoms with Crippen LogP contribution in [0.2, 0.25) is 0 Å². The molecule has 142 valence electrons. The normalized spacial score (nSPS) is 11.9. The van der Waals surface area contributed by atoms with Gasteiger partial charge in [0.25, 0.3) is 5.91 Å². The lowest BCUT2D eigenvalue weighted by atomic mass is 10.1. The molecule has 2 N–H and O–H groups in total. The Morgan fingerprint density at radius 3 is 2.39 bits per heavy atom. The molecule has 0 aliphatic carbocycles. The third-order valence-electron chi connectivity index (χ3n) is 4.08. The van der Waals surface area contributed by atoms with Crippen LogP contribution in [0, 0.1) is 5.82 Å². The molecule has 1 atom stereocenters. The minimum Gasteiger partial charge on any atom is -0.465 e. The highest BCUT2D eigenvalue weighted by Crippen LogP contribution is 2.17. The van der Waals surface area contributed by atoms with Gasteiger partial charge in [-0.25, -0.2) is 4.39 Å². The Labute approximate surface area is 161 Å². The van der Waals surface area contributed by atoms with Crippen LogP contribution in [0.4, 0.5) is 10.1 Å². The average Bonchev–Trinajstić information content (AvgIpc) is 3.21. The van der Waals surface area contributed by atoms with E-state index in [4.69, 9.17) is 4.42 Å². The molecular formula is C22H19FN2O3. The summed E-state index contributed by atoms with van der Waals surface area (Å²) in [5.41, 5.74) is 1.86. The molecule has 2 aromatic carbocycles. The van der Waals surface area contributed by atoms with Gasteiger partial charge in [0.05, 0.1) is 12.3 Å². The largest absolute Gasteiger partial charge is 0.465 e. The van der Waals surface area contributed by atoms with Gasteiger partial charge < -0.3 is 15.1 Å². The Kier molecular flexibility index (Phi) is 6.01. The van der Waals surface area contributed by atoms with Crippen molar-refractivity contribution in [3.63, 3.8) is 0 Å². The third kappa shape index (κ3) is 5.17. The van der Waals surface area contributed by atoms with E-state index in [9.17, 15) is 14.0 Å². The van der Waals surface area contributed by atoms with Crippen LogP contribution in [-0.2, 0) is 4.79 Å². The summed E-state index contributed by atoms with van der Waals surface area (Å²) in [5, 5.41) is 5.61. The molecular weight excluding hydrogens is 359 g/mol. The first-order chi connectivity index (χ1) is 13.5. The van der Waals surface area contributed by atoms with Crippen LogP contribution < -0.4 is 10.6 Å². The van der Waals surface area contributed by atoms with E-state index in [1.807, 2.05) is 19.1 Å². The van der Waals surface area contributed by atoms with Gasteiger partial charge in [-0.2, -0.15) is 0 Å². The van der Waals surface area contributed by atoms with E-state index >= 15 is 0 Å². The molecule has 0 saturated heterocycles. The summed E-state index contributed by atoms with van der Waals surface area (Å²) < 4.78 is 18.1. The lowest BCUT2D eigenvalue weighted by Gasteiger charge is -2.14. The van der Waals surface area contributed by atoms with Gasteiger partial charge in [0.15, 0.2) is 0 Å². The zero-order valence-corrected chi connectivity index (χ0v) is 15.2. The third-order valence-corrected chi connectivity index (χ3v) is 4.08. The van der Waals surface area contributed by atoms with Crippen LogP contribution in [0.25, 0.3) is 6.08 Å². The number of benzene rings is 2. The van der Waals surface area contributed by atoms with Crippen molar-refractivity contribution in [3.8, 4) is 0 Å². The number of hydrogen-bond donors (Lipinski definition) is 2. The zero-order chi connectivity index (χ0) is 19.9. The predicted molar refractivity (Wildman–Crippen MR) is 105 cm³/mol. The van der Waals surface area contributed by atoms with Crippen LogP contribution in [0.3, 0.4) is 0 Å². The van der Waals surface area contributed by atoms with Gasteiger partial charge >= 0.3 is 0 Å². The van der Waals surface area contributed by atoms with E-state index in [1.54, 1.807) is 30.3 Å². The van der Waals surface area contributed by atoms with Crippen LogP contribution in [-0.4, -0.2) is 11.8 Å². The van der Waals surface area contributed by atoms with Crippen molar-refractivity contribution in [1.29, 1.82) is 0 Å². The van der Waals surface area contributed by atoms with Gasteiger partial charge in [-0.1, -0.05) is 12.1 Å². The number of carbonyl (C=O) groups excluding carboxylic acids is 2. The standard InChI is InChI=1S/C22H19FN2O3/c1-15(24-21(26)13-12-20-3-2-14-28-20)16-6-10-19(11-7-16)25-22(27)17-4-8-18(23)9-5-17/h2-15H,1H3,(H,24,26)(H,25,27)/b13-12+. The molecule has 28 heavy (non-hydrogen) atoms. The summed E-state index contributed by atoms with van der Waals surface area (Å²) in [5.74, 6) is -0.352. The fourth-order valence-electron chi connectivity index (χ4n) is 2.55. The summed E-state index contributed by atoms with van der Waals surface area (Å²) in [6.07, 6.45) is 4.54. The van der Waals surface area contributed by atoms with Crippen molar-refractivity contribution in [3.05, 3.63) is 95.7 Å². The van der Waals surface area contributed by atoms with Crippen LogP contribution in [0.5, 0.6) is 0 Å². The highest BCUT2D eigenvalue weighted by Gasteiger charge is 2.09. The first-order valence-corrected chi connectivity index (χ1v) is 8.70. The fourth-order valence-corrected chi connectivity index (χ4v) is 2.55. The molecule has 0 bridgehead atoms. The number of hydrogen-bond acceptors (Lipinski definition) is 3. The second kappa shape index (κ2) is 8.81. The van der Waals surface area contributed by atoms with E-state index in [1.165, 1.54) is 36.6 Å². The molecule has 1 heterocycles. The van der Waals surface area contributed by atoms with Crippen molar-refractivity contribution < 1.29 is 18.4 Å². The van der Waals surface area contributed by atoms with E-state index in [-0.39, 0.29) is 17.9 Å². The number of furan rings is 1. The smallest absolute Gasteiger partial charge is 0.255 e. The van der Waals surface area contributed by atoms with E-state index < -0.39 is 5.82 Å². The van der Waals surface area contributed by atoms with Gasteiger partial charge in [0, 0.05) is 17.3 Å². The lowest BCUT2D eigenvalue weighted by molar-refractivity contribution is -0.117. The molecule has 3 aromatic rings. The second-order valence-electron chi connectivity index (χ2n) is 6.16. The predicted octanol–water partition coefficient (Wildman–Crippen LogP) is 4.56. The van der Waals surface area contributed by atoms with Gasteiger partial charge in [0.2, 0.25) is 5.91 Å². The first-order valence-electron chi connectivity index (χ1n) is 8.70. The number of halogens is 1. The molecule has 2 amide bonds. The summed E-state index contributed by atoms with van der Waals surface area (Å²) in [4.78, 5) is 24.1. The van der Waals surface area contributed by atoms with Gasteiger partial charge in [-0.05, 0) is 67.1 Å². The first kappa shape index (κ1) is 19.1. The van der Waals surface area contributed by atoms with E-state index in [0.717, 1.165) is 5.56 Å². The Balaban J connectivity index is 1.56. The Hall–Kier alpha value is -3.67. The molecule has 0 radical (unpaired) electrons. The second-order valence-corrected chi connectivity index (χ2v) is 6.16. The maximum Gasteiger partial charge on any atom is 0.255 e. The van der Waals surface area contributed by atoms with Crippen molar-refractivity contribution in [2.75, 3.05) is 5.32 Å². The van der Waals surface area contributed by atoms with E-state index in [0.29, 0.717) is 17.0 Å². The van der Waals surface area contributed by atoms with E-state index in [2.05, 4.69) is 10.6 Å². The molecule has 6 heteroatoms. The molecule has 0 fully saturated rings. The summed E-state index contributed by atoms with van der Waals surface area (Å²) in [6, 6.07) is 15.8. The maximum atomic E-state index is 12.9. The van der Waals surface area contributed by atoms with Crippen molar-refractivity contribution in [2.24, 2.45) is 0 Å².